The highest BCUT2D eigenvalue weighted by molar-refractivity contribution is 8.17. The predicted molar refractivity (Wildman–Crippen MR) is 86.1 cm³/mol. The second-order valence-electron chi connectivity index (χ2n) is 5.24. The van der Waals surface area contributed by atoms with Gasteiger partial charge in [-0.25, -0.2) is 4.39 Å². The van der Waals surface area contributed by atoms with Gasteiger partial charge in [0, 0.05) is 12.6 Å². The molecule has 0 atom stereocenters. The number of ketones is 1. The lowest BCUT2D eigenvalue weighted by Gasteiger charge is -2.14. The van der Waals surface area contributed by atoms with E-state index in [0.29, 0.717) is 29.8 Å². The molecule has 0 unspecified atom stereocenters. The molecule has 0 N–H and O–H groups in total. The Hall–Kier alpha value is -1.83. The summed E-state index contributed by atoms with van der Waals surface area (Å²) in [5, 5.41) is 7.08. The maximum atomic E-state index is 13.8. The number of unbranched alkanes of at least 4 members (excludes halogenated alkanes) is 1. The summed E-state index contributed by atoms with van der Waals surface area (Å²) < 4.78 is 52.0. The minimum absolute atomic E-state index is 0.489. The highest BCUT2D eigenvalue weighted by Crippen LogP contribution is 2.32. The molecule has 0 aromatic heterocycles. The Labute approximate surface area is 141 Å². The van der Waals surface area contributed by atoms with Gasteiger partial charge in [0.25, 0.3) is 0 Å². The van der Waals surface area contributed by atoms with Gasteiger partial charge < -0.3 is 0 Å². The van der Waals surface area contributed by atoms with Crippen molar-refractivity contribution in [2.24, 2.45) is 5.10 Å². The van der Waals surface area contributed by atoms with E-state index in [4.69, 9.17) is 0 Å². The third-order valence-electron chi connectivity index (χ3n) is 3.31. The maximum absolute atomic E-state index is 13.8. The molecule has 1 aromatic rings. The zero-order chi connectivity index (χ0) is 17.9. The summed E-state index contributed by atoms with van der Waals surface area (Å²) in [5.74, 6) is -1.79. The van der Waals surface area contributed by atoms with Crippen LogP contribution in [0.25, 0.3) is 0 Å². The highest BCUT2D eigenvalue weighted by atomic mass is 32.2. The minimum Gasteiger partial charge on any atom is -0.289 e. The number of alkyl halides is 3. The maximum Gasteiger partial charge on any atom is 0.416 e. The van der Waals surface area contributed by atoms with Gasteiger partial charge in [-0.05, 0) is 31.5 Å². The van der Waals surface area contributed by atoms with E-state index in [0.717, 1.165) is 24.0 Å². The first-order valence-electron chi connectivity index (χ1n) is 7.35. The average Bonchev–Trinajstić information content (AvgIpc) is 2.83. The van der Waals surface area contributed by atoms with Gasteiger partial charge in [0.15, 0.2) is 5.78 Å². The molecular formula is C16H16F4N2OS. The molecule has 3 nitrogen and oxygen atoms in total. The van der Waals surface area contributed by atoms with E-state index in [1.807, 2.05) is 6.92 Å². The molecule has 0 saturated carbocycles. The van der Waals surface area contributed by atoms with Gasteiger partial charge in [0.2, 0.25) is 0 Å². The molecule has 0 spiro atoms. The molecular weight excluding hydrogens is 344 g/mol. The van der Waals surface area contributed by atoms with Gasteiger partial charge in [-0.1, -0.05) is 25.1 Å². The van der Waals surface area contributed by atoms with Gasteiger partial charge >= 0.3 is 6.18 Å². The summed E-state index contributed by atoms with van der Waals surface area (Å²) in [6.07, 6.45) is -1.72. The molecule has 1 aliphatic heterocycles. The Bertz CT molecular complexity index is 698. The molecule has 8 heteroatoms. The predicted octanol–water partition coefficient (Wildman–Crippen LogP) is 5.05. The van der Waals surface area contributed by atoms with Crippen LogP contribution in [0.1, 0.15) is 42.6 Å². The number of thioether (sulfide) groups is 1. The third kappa shape index (κ3) is 4.37. The fraction of sp³-hybridized carbons (Fsp3) is 0.375. The average molecular weight is 360 g/mol. The normalized spacial score (nSPS) is 16.7. The van der Waals surface area contributed by atoms with Crippen molar-refractivity contribution in [2.45, 2.75) is 32.9 Å². The lowest BCUT2D eigenvalue weighted by molar-refractivity contribution is -0.137. The number of carbonyl (C=O) groups is 1. The monoisotopic (exact) mass is 360 g/mol. The number of benzene rings is 1. The number of rotatable bonds is 5. The van der Waals surface area contributed by atoms with E-state index in [1.54, 1.807) is 11.9 Å². The molecule has 2 rings (SSSR count). The number of nitrogens with zero attached hydrogens (tertiary/aromatic N) is 2. The lowest BCUT2D eigenvalue weighted by Crippen LogP contribution is -2.15. The molecule has 0 saturated heterocycles. The Morgan fingerprint density at radius 3 is 2.71 bits per heavy atom. The van der Waals surface area contributed by atoms with Crippen molar-refractivity contribution in [2.75, 3.05) is 6.54 Å². The van der Waals surface area contributed by atoms with Gasteiger partial charge in [0.1, 0.15) is 10.8 Å². The molecule has 0 fully saturated rings. The zero-order valence-electron chi connectivity index (χ0n) is 13.2. The fourth-order valence-corrected chi connectivity index (χ4v) is 2.94. The number of hydrazone groups is 1. The van der Waals surface area contributed by atoms with Crippen LogP contribution in [0.2, 0.25) is 0 Å². The Morgan fingerprint density at radius 1 is 1.38 bits per heavy atom. The third-order valence-corrected chi connectivity index (χ3v) is 4.22. The van der Waals surface area contributed by atoms with E-state index in [2.05, 4.69) is 5.10 Å². The van der Waals surface area contributed by atoms with Crippen molar-refractivity contribution in [1.82, 2.24) is 5.01 Å². The Balaban J connectivity index is 2.29. The highest BCUT2D eigenvalue weighted by Gasteiger charge is 2.32. The lowest BCUT2D eigenvalue weighted by atomic mass is 10.1. The zero-order valence-corrected chi connectivity index (χ0v) is 14.0. The topological polar surface area (TPSA) is 32.7 Å². The number of allylic oxidation sites excluding steroid dienone is 1. The van der Waals surface area contributed by atoms with Crippen molar-refractivity contribution >= 4 is 22.6 Å². The molecule has 130 valence electrons. The number of carbonyl (C=O) groups excluding carboxylic acids is 1. The van der Waals surface area contributed by atoms with Crippen LogP contribution in [-0.2, 0) is 6.18 Å². The molecule has 0 aliphatic carbocycles. The quantitative estimate of drug-likeness (QED) is 0.418. The second kappa shape index (κ2) is 7.38. The largest absolute Gasteiger partial charge is 0.416 e. The van der Waals surface area contributed by atoms with Crippen LogP contribution < -0.4 is 0 Å². The molecule has 1 aliphatic rings. The van der Waals surface area contributed by atoms with Crippen LogP contribution in [0.3, 0.4) is 0 Å². The van der Waals surface area contributed by atoms with Gasteiger partial charge in [-0.2, -0.15) is 18.3 Å². The van der Waals surface area contributed by atoms with Crippen molar-refractivity contribution in [3.8, 4) is 0 Å². The minimum atomic E-state index is -4.63. The van der Waals surface area contributed by atoms with Crippen LogP contribution in [0.5, 0.6) is 0 Å². The summed E-state index contributed by atoms with van der Waals surface area (Å²) >= 11 is 1.23. The Morgan fingerprint density at radius 2 is 2.08 bits per heavy atom. The fourth-order valence-electron chi connectivity index (χ4n) is 2.10. The molecule has 0 bridgehead atoms. The number of hydrogen-bond donors (Lipinski definition) is 0. The molecule has 0 amide bonds. The standard InChI is InChI=1S/C16H16F4N2OS/c1-3-4-7-22-15(24-10(2)21-22)9-14(23)12-8-11(16(18,19)20)5-6-13(12)17/h5-6,8-9H,3-4,7H2,1-2H3. The Kier molecular flexibility index (Phi) is 5.69. The first-order chi connectivity index (χ1) is 11.2. The molecule has 24 heavy (non-hydrogen) atoms. The summed E-state index contributed by atoms with van der Waals surface area (Å²) in [7, 11) is 0. The summed E-state index contributed by atoms with van der Waals surface area (Å²) in [6, 6.07) is 1.82. The van der Waals surface area contributed by atoms with Crippen molar-refractivity contribution in [1.29, 1.82) is 0 Å². The van der Waals surface area contributed by atoms with Crippen LogP contribution >= 0.6 is 11.8 Å². The van der Waals surface area contributed by atoms with E-state index < -0.39 is 28.9 Å². The smallest absolute Gasteiger partial charge is 0.289 e. The van der Waals surface area contributed by atoms with Crippen molar-refractivity contribution < 1.29 is 22.4 Å². The van der Waals surface area contributed by atoms with Gasteiger partial charge in [0.05, 0.1) is 16.2 Å². The van der Waals surface area contributed by atoms with E-state index in [9.17, 15) is 22.4 Å². The first kappa shape index (κ1) is 18.5. The van der Waals surface area contributed by atoms with Crippen LogP contribution in [0.4, 0.5) is 17.6 Å². The van der Waals surface area contributed by atoms with Crippen LogP contribution in [0.15, 0.2) is 34.4 Å². The van der Waals surface area contributed by atoms with E-state index >= 15 is 0 Å². The van der Waals surface area contributed by atoms with Crippen LogP contribution in [-0.4, -0.2) is 22.4 Å². The van der Waals surface area contributed by atoms with Crippen molar-refractivity contribution in [3.63, 3.8) is 0 Å². The van der Waals surface area contributed by atoms with Gasteiger partial charge in [-0.3, -0.25) is 9.80 Å². The summed E-state index contributed by atoms with van der Waals surface area (Å²) in [4.78, 5) is 12.3. The SMILES string of the molecule is CCCCN1N=C(C)SC1=CC(=O)c1cc(C(F)(F)F)ccc1F. The van der Waals surface area contributed by atoms with E-state index in [-0.39, 0.29) is 0 Å². The van der Waals surface area contributed by atoms with Crippen LogP contribution in [0, 0.1) is 5.82 Å². The summed E-state index contributed by atoms with van der Waals surface area (Å²) in [6.45, 7) is 4.36. The molecule has 0 radical (unpaired) electrons. The van der Waals surface area contributed by atoms with Gasteiger partial charge in [-0.15, -0.1) is 0 Å². The molecule has 1 heterocycles. The number of halogens is 4. The molecule has 1 aromatic carbocycles. The second-order valence-corrected chi connectivity index (χ2v) is 6.45. The van der Waals surface area contributed by atoms with E-state index in [1.165, 1.54) is 11.8 Å². The first-order valence-corrected chi connectivity index (χ1v) is 8.17. The number of hydrogen-bond acceptors (Lipinski definition) is 4. The van der Waals surface area contributed by atoms with Crippen molar-refractivity contribution in [3.05, 3.63) is 46.2 Å². The summed E-state index contributed by atoms with van der Waals surface area (Å²) in [5.41, 5.74) is -1.65.